The van der Waals surface area contributed by atoms with Gasteiger partial charge in [-0.1, -0.05) is 0 Å². The quantitative estimate of drug-likeness (QED) is 0.921. The zero-order valence-electron chi connectivity index (χ0n) is 11.7. The molecule has 6 heteroatoms. The van der Waals surface area contributed by atoms with Gasteiger partial charge in [-0.3, -0.25) is 4.79 Å². The fourth-order valence-electron chi connectivity index (χ4n) is 3.02. The van der Waals surface area contributed by atoms with Crippen molar-refractivity contribution in [3.63, 3.8) is 0 Å². The molecule has 0 saturated carbocycles. The van der Waals surface area contributed by atoms with Gasteiger partial charge in [-0.15, -0.1) is 12.4 Å². The molecular weight excluding hydrogens is 294 g/mol. The molecule has 1 saturated heterocycles. The van der Waals surface area contributed by atoms with E-state index in [2.05, 4.69) is 15.1 Å². The second kappa shape index (κ2) is 7.48. The predicted octanol–water partition coefficient (Wildman–Crippen LogP) is 1.66. The average molecular weight is 316 g/mol. The van der Waals surface area contributed by atoms with Crippen molar-refractivity contribution in [1.82, 2.24) is 15.1 Å². The van der Waals surface area contributed by atoms with Gasteiger partial charge in [0.1, 0.15) is 0 Å². The first-order chi connectivity index (χ1) is 9.34. The number of nitrogens with one attached hydrogen (secondary N) is 1. The number of H-pyrrole nitrogens is 1. The minimum atomic E-state index is 0. The first kappa shape index (κ1) is 15.9. The molecule has 20 heavy (non-hydrogen) atoms. The summed E-state index contributed by atoms with van der Waals surface area (Å²) in [6.45, 7) is 3.46. The number of nitrogens with zero attached hydrogens (tertiary/aromatic N) is 2. The molecule has 112 valence electrons. The molecule has 0 amide bonds. The lowest BCUT2D eigenvalue weighted by Crippen LogP contribution is -2.35. The first-order valence-corrected chi connectivity index (χ1v) is 8.39. The fourth-order valence-corrected chi connectivity index (χ4v) is 4.00. The van der Waals surface area contributed by atoms with Gasteiger partial charge in [-0.2, -0.15) is 16.9 Å². The molecule has 2 heterocycles. The molecule has 0 aromatic carbocycles. The lowest BCUT2D eigenvalue weighted by atomic mass is 9.91. The summed E-state index contributed by atoms with van der Waals surface area (Å²) in [5.41, 5.74) is 3.42. The smallest absolute Gasteiger partial charge is 0.267 e. The standard InChI is InChI=1S/C14H21N3OS.ClH/c18-14-12-4-2-1-3-11(12)13(15-16-14)5-6-17-7-9-19-10-8-17;/h1-10H2,(H,16,18);1H. The molecule has 3 rings (SSSR count). The van der Waals surface area contributed by atoms with Crippen LogP contribution in [0.4, 0.5) is 0 Å². The Balaban J connectivity index is 0.00000147. The summed E-state index contributed by atoms with van der Waals surface area (Å²) in [5.74, 6) is 2.49. The Morgan fingerprint density at radius 3 is 2.60 bits per heavy atom. The van der Waals surface area contributed by atoms with Crippen LogP contribution in [0.15, 0.2) is 4.79 Å². The Labute approximate surface area is 130 Å². The Morgan fingerprint density at radius 2 is 1.85 bits per heavy atom. The number of aromatic nitrogens is 2. The number of rotatable bonds is 3. The van der Waals surface area contributed by atoms with E-state index in [4.69, 9.17) is 0 Å². The summed E-state index contributed by atoms with van der Waals surface area (Å²) in [6, 6.07) is 0. The van der Waals surface area contributed by atoms with Gasteiger partial charge in [0.2, 0.25) is 0 Å². The molecule has 1 aromatic heterocycles. The fraction of sp³-hybridized carbons (Fsp3) is 0.714. The number of aromatic amines is 1. The number of hydrogen-bond acceptors (Lipinski definition) is 4. The van der Waals surface area contributed by atoms with E-state index >= 15 is 0 Å². The highest BCUT2D eigenvalue weighted by atomic mass is 35.5. The van der Waals surface area contributed by atoms with Crippen LogP contribution in [0.3, 0.4) is 0 Å². The molecule has 0 atom stereocenters. The molecule has 2 aliphatic rings. The second-order valence-corrected chi connectivity index (χ2v) is 6.59. The van der Waals surface area contributed by atoms with Crippen LogP contribution in [0.25, 0.3) is 0 Å². The van der Waals surface area contributed by atoms with Crippen molar-refractivity contribution in [2.45, 2.75) is 32.1 Å². The van der Waals surface area contributed by atoms with Crippen LogP contribution in [0, 0.1) is 0 Å². The van der Waals surface area contributed by atoms with Gasteiger partial charge < -0.3 is 4.90 Å². The predicted molar refractivity (Wildman–Crippen MR) is 86.2 cm³/mol. The number of hydrogen-bond donors (Lipinski definition) is 1. The van der Waals surface area contributed by atoms with Crippen molar-refractivity contribution in [1.29, 1.82) is 0 Å². The molecule has 0 bridgehead atoms. The summed E-state index contributed by atoms with van der Waals surface area (Å²) in [5, 5.41) is 6.99. The molecule has 1 aliphatic heterocycles. The van der Waals surface area contributed by atoms with Crippen LogP contribution in [0.5, 0.6) is 0 Å². The monoisotopic (exact) mass is 315 g/mol. The number of fused-ring (bicyclic) bond motifs is 1. The van der Waals surface area contributed by atoms with E-state index < -0.39 is 0 Å². The van der Waals surface area contributed by atoms with E-state index in [0.717, 1.165) is 43.5 Å². The maximum Gasteiger partial charge on any atom is 0.267 e. The zero-order chi connectivity index (χ0) is 13.1. The van der Waals surface area contributed by atoms with Gasteiger partial charge in [0, 0.05) is 43.1 Å². The lowest BCUT2D eigenvalue weighted by Gasteiger charge is -2.26. The minimum Gasteiger partial charge on any atom is -0.301 e. The van der Waals surface area contributed by atoms with Crippen LogP contribution in [-0.4, -0.2) is 46.2 Å². The third kappa shape index (κ3) is 3.57. The summed E-state index contributed by atoms with van der Waals surface area (Å²) in [7, 11) is 0. The highest BCUT2D eigenvalue weighted by Gasteiger charge is 2.18. The van der Waals surface area contributed by atoms with Crippen LogP contribution in [-0.2, 0) is 19.3 Å². The maximum atomic E-state index is 11.8. The van der Waals surface area contributed by atoms with E-state index in [1.807, 2.05) is 11.8 Å². The summed E-state index contributed by atoms with van der Waals surface area (Å²) in [4.78, 5) is 14.3. The van der Waals surface area contributed by atoms with Crippen molar-refractivity contribution in [3.8, 4) is 0 Å². The molecule has 0 unspecified atom stereocenters. The third-order valence-electron chi connectivity index (χ3n) is 4.15. The summed E-state index contributed by atoms with van der Waals surface area (Å²) in [6.07, 6.45) is 5.29. The normalized spacial score (nSPS) is 19.2. The van der Waals surface area contributed by atoms with E-state index in [1.165, 1.54) is 36.6 Å². The van der Waals surface area contributed by atoms with Gasteiger partial charge in [0.15, 0.2) is 0 Å². The molecule has 1 aliphatic carbocycles. The Bertz CT molecular complexity index is 500. The van der Waals surface area contributed by atoms with E-state index in [0.29, 0.717) is 0 Å². The molecular formula is C14H22ClN3OS. The topological polar surface area (TPSA) is 49.0 Å². The minimum absolute atomic E-state index is 0. The van der Waals surface area contributed by atoms with E-state index in [-0.39, 0.29) is 18.0 Å². The molecule has 0 spiro atoms. The zero-order valence-corrected chi connectivity index (χ0v) is 13.3. The maximum absolute atomic E-state index is 11.8. The third-order valence-corrected chi connectivity index (χ3v) is 5.09. The van der Waals surface area contributed by atoms with Gasteiger partial charge in [0.05, 0.1) is 5.69 Å². The molecule has 0 radical (unpaired) electrons. The number of thioether (sulfide) groups is 1. The van der Waals surface area contributed by atoms with Gasteiger partial charge in [0.25, 0.3) is 5.56 Å². The Hall–Kier alpha value is -0.520. The molecule has 4 nitrogen and oxygen atoms in total. The Morgan fingerprint density at radius 1 is 1.15 bits per heavy atom. The number of halogens is 1. The van der Waals surface area contributed by atoms with Crippen molar-refractivity contribution >= 4 is 24.2 Å². The SMILES string of the molecule is Cl.O=c1[nH]nc(CCN2CCSCC2)c2c1CCCC2. The second-order valence-electron chi connectivity index (χ2n) is 5.37. The average Bonchev–Trinajstić information content (AvgIpc) is 2.48. The van der Waals surface area contributed by atoms with E-state index in [1.54, 1.807) is 0 Å². The largest absolute Gasteiger partial charge is 0.301 e. The highest BCUT2D eigenvalue weighted by molar-refractivity contribution is 7.99. The van der Waals surface area contributed by atoms with Gasteiger partial charge in [-0.25, -0.2) is 5.10 Å². The molecule has 1 fully saturated rings. The van der Waals surface area contributed by atoms with Gasteiger partial charge in [-0.05, 0) is 31.2 Å². The van der Waals surface area contributed by atoms with Crippen molar-refractivity contribution < 1.29 is 0 Å². The van der Waals surface area contributed by atoms with Crippen molar-refractivity contribution in [2.75, 3.05) is 31.1 Å². The van der Waals surface area contributed by atoms with Crippen molar-refractivity contribution in [3.05, 3.63) is 27.2 Å². The van der Waals surface area contributed by atoms with Gasteiger partial charge >= 0.3 is 0 Å². The summed E-state index contributed by atoms with van der Waals surface area (Å²) < 4.78 is 0. The van der Waals surface area contributed by atoms with Crippen molar-refractivity contribution in [2.24, 2.45) is 0 Å². The Kier molecular flexibility index (Phi) is 5.93. The lowest BCUT2D eigenvalue weighted by molar-refractivity contribution is 0.305. The van der Waals surface area contributed by atoms with Crippen LogP contribution < -0.4 is 5.56 Å². The van der Waals surface area contributed by atoms with Crippen LogP contribution >= 0.6 is 24.2 Å². The van der Waals surface area contributed by atoms with Crippen LogP contribution in [0.2, 0.25) is 0 Å². The summed E-state index contributed by atoms with van der Waals surface area (Å²) >= 11 is 2.04. The highest BCUT2D eigenvalue weighted by Crippen LogP contribution is 2.20. The first-order valence-electron chi connectivity index (χ1n) is 7.24. The van der Waals surface area contributed by atoms with Crippen LogP contribution in [0.1, 0.15) is 29.7 Å². The molecule has 1 N–H and O–H groups in total. The van der Waals surface area contributed by atoms with E-state index in [9.17, 15) is 4.79 Å². The molecule has 1 aromatic rings.